The topological polar surface area (TPSA) is 82.1 Å². The molecule has 0 fully saturated rings. The van der Waals surface area contributed by atoms with Gasteiger partial charge in [-0.1, -0.05) is 0 Å². The Kier molecular flexibility index (Phi) is 5.36. The summed E-state index contributed by atoms with van der Waals surface area (Å²) >= 11 is 0. The second kappa shape index (κ2) is 7.45. The number of phenolic OH excluding ortho intramolecular Hbond substituents is 1. The minimum atomic E-state index is -0.895. The summed E-state index contributed by atoms with van der Waals surface area (Å²) in [4.78, 5) is 23.9. The van der Waals surface area contributed by atoms with Gasteiger partial charge in [-0.2, -0.15) is 0 Å². The van der Waals surface area contributed by atoms with Crippen LogP contribution in [0.15, 0.2) is 36.4 Å². The van der Waals surface area contributed by atoms with Crippen LogP contribution in [0.2, 0.25) is 0 Å². The fraction of sp³-hybridized carbons (Fsp3) is 0.176. The molecule has 0 unspecified atom stereocenters. The first-order valence-electron chi connectivity index (χ1n) is 6.87. The Morgan fingerprint density at radius 2 is 1.83 bits per heavy atom. The predicted molar refractivity (Wildman–Crippen MR) is 82.2 cm³/mol. The Balaban J connectivity index is 2.06. The number of hydrogen-bond donors (Lipinski definition) is 1. The number of carbonyl (C=O) groups is 2. The Morgan fingerprint density at radius 3 is 2.46 bits per heavy atom. The molecule has 0 saturated carbocycles. The van der Waals surface area contributed by atoms with Gasteiger partial charge in [-0.3, -0.25) is 4.79 Å². The van der Waals surface area contributed by atoms with E-state index in [0.717, 1.165) is 6.07 Å². The summed E-state index contributed by atoms with van der Waals surface area (Å²) in [7, 11) is 2.71. The van der Waals surface area contributed by atoms with Crippen molar-refractivity contribution < 1.29 is 33.3 Å². The van der Waals surface area contributed by atoms with Gasteiger partial charge in [-0.05, 0) is 36.4 Å². The molecule has 6 nitrogen and oxygen atoms in total. The van der Waals surface area contributed by atoms with E-state index in [-0.39, 0.29) is 22.6 Å². The molecule has 0 radical (unpaired) electrons. The van der Waals surface area contributed by atoms with Crippen molar-refractivity contribution in [1.82, 2.24) is 0 Å². The van der Waals surface area contributed by atoms with E-state index < -0.39 is 24.2 Å². The van der Waals surface area contributed by atoms with E-state index in [1.807, 2.05) is 0 Å². The normalized spacial score (nSPS) is 10.1. The third-order valence-electron chi connectivity index (χ3n) is 3.23. The lowest BCUT2D eigenvalue weighted by Crippen LogP contribution is -2.14. The van der Waals surface area contributed by atoms with Gasteiger partial charge in [-0.15, -0.1) is 0 Å². The summed E-state index contributed by atoms with van der Waals surface area (Å²) in [5.74, 6) is -2.13. The van der Waals surface area contributed by atoms with E-state index in [2.05, 4.69) is 0 Å². The highest BCUT2D eigenvalue weighted by molar-refractivity contribution is 6.00. The first kappa shape index (κ1) is 17.3. The van der Waals surface area contributed by atoms with Gasteiger partial charge in [0.25, 0.3) is 0 Å². The van der Waals surface area contributed by atoms with Gasteiger partial charge in [-0.25, -0.2) is 9.18 Å². The van der Waals surface area contributed by atoms with Gasteiger partial charge >= 0.3 is 5.97 Å². The molecule has 0 atom stereocenters. The van der Waals surface area contributed by atoms with E-state index in [1.54, 1.807) is 0 Å². The fourth-order valence-electron chi connectivity index (χ4n) is 1.94. The predicted octanol–water partition coefficient (Wildman–Crippen LogP) is 2.59. The second-order valence-corrected chi connectivity index (χ2v) is 4.73. The minimum absolute atomic E-state index is 0.00449. The maximum atomic E-state index is 13.6. The third kappa shape index (κ3) is 3.81. The van der Waals surface area contributed by atoms with Crippen molar-refractivity contribution in [2.75, 3.05) is 20.8 Å². The molecule has 0 aliphatic heterocycles. The van der Waals surface area contributed by atoms with Crippen molar-refractivity contribution in [2.24, 2.45) is 0 Å². The Morgan fingerprint density at radius 1 is 1.08 bits per heavy atom. The molecule has 0 heterocycles. The highest BCUT2D eigenvalue weighted by Gasteiger charge is 2.17. The zero-order valence-corrected chi connectivity index (χ0v) is 13.0. The average Bonchev–Trinajstić information content (AvgIpc) is 2.59. The minimum Gasteiger partial charge on any atom is -0.507 e. The van der Waals surface area contributed by atoms with Crippen LogP contribution in [0.25, 0.3) is 0 Å². The number of hydrogen-bond acceptors (Lipinski definition) is 6. The monoisotopic (exact) mass is 334 g/mol. The van der Waals surface area contributed by atoms with Crippen LogP contribution in [0.1, 0.15) is 20.7 Å². The molecule has 2 rings (SSSR count). The molecule has 1 N–H and O–H groups in total. The molecule has 126 valence electrons. The van der Waals surface area contributed by atoms with Gasteiger partial charge in [0, 0.05) is 5.56 Å². The zero-order valence-electron chi connectivity index (χ0n) is 13.0. The van der Waals surface area contributed by atoms with Gasteiger partial charge in [0.2, 0.25) is 0 Å². The highest BCUT2D eigenvalue weighted by atomic mass is 19.1. The summed E-state index contributed by atoms with van der Waals surface area (Å²) in [5.41, 5.74) is -0.0981. The number of benzene rings is 2. The quantitative estimate of drug-likeness (QED) is 0.646. The zero-order chi connectivity index (χ0) is 17.7. The Labute approximate surface area is 137 Å². The first-order chi connectivity index (χ1) is 11.5. The van der Waals surface area contributed by atoms with Crippen LogP contribution >= 0.6 is 0 Å². The van der Waals surface area contributed by atoms with Crippen molar-refractivity contribution in [2.45, 2.75) is 0 Å². The average molecular weight is 334 g/mol. The number of halogens is 1. The van der Waals surface area contributed by atoms with Crippen molar-refractivity contribution in [3.8, 4) is 17.2 Å². The molecular formula is C17H15FO6. The molecule has 0 saturated heterocycles. The molecule has 0 aliphatic rings. The molecular weight excluding hydrogens is 319 g/mol. The Bertz CT molecular complexity index is 772. The smallest absolute Gasteiger partial charge is 0.342 e. The number of carbonyl (C=O) groups excluding carboxylic acids is 2. The van der Waals surface area contributed by atoms with Crippen LogP contribution in [0.5, 0.6) is 17.2 Å². The standard InChI is InChI=1S/C17H15FO6/c1-22-11-4-5-14(19)12(8-11)17(21)24-9-15(20)10-3-6-16(23-2)13(18)7-10/h3-8,19H,9H2,1-2H3. The van der Waals surface area contributed by atoms with E-state index in [1.165, 1.54) is 44.6 Å². The lowest BCUT2D eigenvalue weighted by atomic mass is 10.1. The third-order valence-corrected chi connectivity index (χ3v) is 3.23. The SMILES string of the molecule is COc1ccc(O)c(C(=O)OCC(=O)c2ccc(OC)c(F)c2)c1. The summed E-state index contributed by atoms with van der Waals surface area (Å²) in [6, 6.07) is 7.69. The molecule has 0 amide bonds. The van der Waals surface area contributed by atoms with Crippen LogP contribution in [-0.4, -0.2) is 37.7 Å². The van der Waals surface area contributed by atoms with Crippen LogP contribution < -0.4 is 9.47 Å². The van der Waals surface area contributed by atoms with Crippen LogP contribution in [0.3, 0.4) is 0 Å². The van der Waals surface area contributed by atoms with Crippen molar-refractivity contribution in [3.63, 3.8) is 0 Å². The maximum Gasteiger partial charge on any atom is 0.342 e. The number of methoxy groups -OCH3 is 2. The molecule has 0 bridgehead atoms. The van der Waals surface area contributed by atoms with Crippen molar-refractivity contribution >= 4 is 11.8 Å². The number of aromatic hydroxyl groups is 1. The van der Waals surface area contributed by atoms with Crippen LogP contribution in [0, 0.1) is 5.82 Å². The van der Waals surface area contributed by atoms with Crippen LogP contribution in [0.4, 0.5) is 4.39 Å². The number of rotatable bonds is 6. The van der Waals surface area contributed by atoms with Crippen LogP contribution in [-0.2, 0) is 4.74 Å². The largest absolute Gasteiger partial charge is 0.507 e. The molecule has 0 aromatic heterocycles. The first-order valence-corrected chi connectivity index (χ1v) is 6.87. The van der Waals surface area contributed by atoms with E-state index in [9.17, 15) is 19.1 Å². The van der Waals surface area contributed by atoms with E-state index in [4.69, 9.17) is 14.2 Å². The van der Waals surface area contributed by atoms with Gasteiger partial charge in [0.05, 0.1) is 14.2 Å². The number of ether oxygens (including phenoxy) is 3. The number of esters is 1. The lowest BCUT2D eigenvalue weighted by Gasteiger charge is -2.08. The molecule has 24 heavy (non-hydrogen) atoms. The van der Waals surface area contributed by atoms with Crippen molar-refractivity contribution in [1.29, 1.82) is 0 Å². The highest BCUT2D eigenvalue weighted by Crippen LogP contribution is 2.24. The van der Waals surface area contributed by atoms with Gasteiger partial charge in [0.1, 0.15) is 17.1 Å². The number of ketones is 1. The van der Waals surface area contributed by atoms with E-state index in [0.29, 0.717) is 5.75 Å². The lowest BCUT2D eigenvalue weighted by molar-refractivity contribution is 0.0471. The maximum absolute atomic E-state index is 13.6. The Hall–Kier alpha value is -3.09. The van der Waals surface area contributed by atoms with E-state index >= 15 is 0 Å². The molecule has 7 heteroatoms. The van der Waals surface area contributed by atoms with Gasteiger partial charge in [0.15, 0.2) is 24.0 Å². The second-order valence-electron chi connectivity index (χ2n) is 4.73. The van der Waals surface area contributed by atoms with Gasteiger partial charge < -0.3 is 19.3 Å². The summed E-state index contributed by atoms with van der Waals surface area (Å²) in [5, 5.41) is 9.67. The summed E-state index contributed by atoms with van der Waals surface area (Å²) in [6.07, 6.45) is 0. The number of Topliss-reactive ketones (excluding diaryl/α,β-unsaturated/α-hetero) is 1. The molecule has 2 aromatic carbocycles. The summed E-state index contributed by atoms with van der Waals surface area (Å²) in [6.45, 7) is -0.596. The molecule has 0 aliphatic carbocycles. The summed E-state index contributed by atoms with van der Waals surface area (Å²) < 4.78 is 28.2. The molecule has 0 spiro atoms. The van der Waals surface area contributed by atoms with Crippen molar-refractivity contribution in [3.05, 3.63) is 53.3 Å². The number of phenols is 1. The molecule has 2 aromatic rings. The fourth-order valence-corrected chi connectivity index (χ4v) is 1.94.